The molecule has 0 unspecified atom stereocenters. The molecule has 0 saturated carbocycles. The van der Waals surface area contributed by atoms with Gasteiger partial charge in [-0.3, -0.25) is 38.6 Å². The van der Waals surface area contributed by atoms with Gasteiger partial charge in [0, 0.05) is 43.2 Å². The Morgan fingerprint density at radius 3 is 1.58 bits per heavy atom. The summed E-state index contributed by atoms with van der Waals surface area (Å²) in [5, 5.41) is 37.4. The number of hydrogen-bond donors (Lipinski definition) is 14. The predicted octanol–water partition coefficient (Wildman–Crippen LogP) is -3.07. The van der Waals surface area contributed by atoms with Crippen LogP contribution in [0.5, 0.6) is 0 Å². The van der Waals surface area contributed by atoms with E-state index in [9.17, 15) is 48.6 Å². The minimum absolute atomic E-state index is 0.0305. The Bertz CT molecular complexity index is 1940. The molecular formula is C42H71N15O10. The SMILES string of the molecule is CC[C@H](C)[C@H](NC(=O)[C@H](CC(C)C)NC(=O)[C@H](CCCN=C(N)N)NC(=O)[C@H](C)NC(=O)[C@H](Cc1cnc[nH]1)NC(=O)[C@H](Cc1cnc[nH]1)NC(=O)[C@@H](N)CO)C(=O)N[C@@H](CC(C)C)C(=O)O. The largest absolute Gasteiger partial charge is 0.480 e. The van der Waals surface area contributed by atoms with Crippen LogP contribution in [0, 0.1) is 17.8 Å². The smallest absolute Gasteiger partial charge is 0.326 e. The maximum Gasteiger partial charge on any atom is 0.326 e. The van der Waals surface area contributed by atoms with E-state index in [0.29, 0.717) is 17.8 Å². The minimum Gasteiger partial charge on any atom is -0.480 e. The summed E-state index contributed by atoms with van der Waals surface area (Å²) in [5.41, 5.74) is 17.5. The summed E-state index contributed by atoms with van der Waals surface area (Å²) in [7, 11) is 0. The van der Waals surface area contributed by atoms with Crippen molar-refractivity contribution in [2.24, 2.45) is 39.9 Å². The molecule has 2 heterocycles. The summed E-state index contributed by atoms with van der Waals surface area (Å²) in [6, 6.07) is -10.2. The number of aliphatic hydroxyl groups excluding tert-OH is 1. The van der Waals surface area contributed by atoms with E-state index in [2.05, 4.69) is 62.1 Å². The molecule has 0 fully saturated rings. The van der Waals surface area contributed by atoms with Crippen LogP contribution in [0.1, 0.15) is 92.0 Å². The molecule has 0 radical (unpaired) electrons. The molecule has 0 spiro atoms. The first-order valence-electron chi connectivity index (χ1n) is 22.3. The highest BCUT2D eigenvalue weighted by molar-refractivity contribution is 5.97. The number of H-pyrrole nitrogens is 2. The number of carboxylic acid groups (broad SMARTS) is 1. The van der Waals surface area contributed by atoms with E-state index in [1.54, 1.807) is 13.8 Å². The lowest BCUT2D eigenvalue weighted by Crippen LogP contribution is -2.60. The fourth-order valence-electron chi connectivity index (χ4n) is 6.62. The summed E-state index contributed by atoms with van der Waals surface area (Å²) in [4.78, 5) is 125. The number of nitrogens with one attached hydrogen (secondary N) is 9. The fraction of sp³-hybridized carbons (Fsp3) is 0.643. The van der Waals surface area contributed by atoms with E-state index < -0.39 is 108 Å². The molecule has 0 aliphatic carbocycles. The number of aliphatic hydroxyl groups is 1. The highest BCUT2D eigenvalue weighted by Gasteiger charge is 2.35. The van der Waals surface area contributed by atoms with Gasteiger partial charge in [-0.15, -0.1) is 0 Å². The molecule has 0 saturated heterocycles. The van der Waals surface area contributed by atoms with Crippen LogP contribution in [-0.4, -0.2) is 145 Å². The van der Waals surface area contributed by atoms with Crippen molar-refractivity contribution in [3.05, 3.63) is 36.4 Å². The van der Waals surface area contributed by atoms with E-state index in [1.165, 1.54) is 32.0 Å². The standard InChI is InChI=1S/C42H71N15O10/c1-8-23(6)33(40(65)56-32(41(66)67)13-22(4)5)57-39(64)29(12-21(2)3)54-36(61)28(10-9-11-48-42(44)45)52-34(59)24(7)51-37(62)30(14-25-16-46-19-49-25)55-38(63)31(15-26-17-47-20-50-26)53-35(60)27(43)18-58/h16-17,19-24,27-33,58H,8-15,18,43H2,1-7H3,(H,46,49)(H,47,50)(H,51,62)(H,52,59)(H,53,60)(H,54,61)(H,55,63)(H,56,65)(H,57,64)(H,66,67)(H4,44,45,48)/t23-,24-,27-,28-,29-,30-,31-,32-,33-/m0/s1. The van der Waals surface area contributed by atoms with E-state index >= 15 is 0 Å². The molecule has 67 heavy (non-hydrogen) atoms. The number of guanidine groups is 1. The zero-order valence-corrected chi connectivity index (χ0v) is 39.3. The molecule has 25 nitrogen and oxygen atoms in total. The number of aliphatic carboxylic acids is 1. The second kappa shape index (κ2) is 28.4. The number of nitrogens with two attached hydrogens (primary N) is 3. The number of aromatic amines is 2. The second-order valence-electron chi connectivity index (χ2n) is 17.3. The lowest BCUT2D eigenvalue weighted by atomic mass is 9.95. The number of rotatable bonds is 30. The Morgan fingerprint density at radius 2 is 1.10 bits per heavy atom. The van der Waals surface area contributed by atoms with Crippen molar-refractivity contribution in [1.29, 1.82) is 0 Å². The van der Waals surface area contributed by atoms with Gasteiger partial charge in [0.1, 0.15) is 48.3 Å². The normalized spacial score (nSPS) is 15.3. The van der Waals surface area contributed by atoms with Crippen LogP contribution in [0.4, 0.5) is 0 Å². The predicted molar refractivity (Wildman–Crippen MR) is 245 cm³/mol. The van der Waals surface area contributed by atoms with Crippen LogP contribution in [-0.2, 0) is 51.2 Å². The average Bonchev–Trinajstić information content (AvgIpc) is 3.99. The van der Waals surface area contributed by atoms with Crippen LogP contribution >= 0.6 is 0 Å². The lowest BCUT2D eigenvalue weighted by Gasteiger charge is -2.29. The molecule has 25 heteroatoms. The number of imidazole rings is 2. The molecule has 374 valence electrons. The Kier molecular flexibility index (Phi) is 24.0. The molecule has 2 rings (SSSR count). The molecule has 17 N–H and O–H groups in total. The van der Waals surface area contributed by atoms with Crippen molar-refractivity contribution in [2.45, 2.75) is 142 Å². The fourth-order valence-corrected chi connectivity index (χ4v) is 6.62. The Balaban J connectivity index is 2.35. The number of hydrogen-bond acceptors (Lipinski definition) is 13. The first kappa shape index (κ1) is 56.5. The van der Waals surface area contributed by atoms with Crippen molar-refractivity contribution < 1.29 is 48.6 Å². The third-order valence-corrected chi connectivity index (χ3v) is 10.5. The average molecular weight is 946 g/mol. The van der Waals surface area contributed by atoms with Crippen molar-refractivity contribution in [3.63, 3.8) is 0 Å². The molecule has 0 aromatic carbocycles. The van der Waals surface area contributed by atoms with Gasteiger partial charge in [0.05, 0.1) is 19.3 Å². The number of aromatic nitrogens is 4. The zero-order chi connectivity index (χ0) is 50.4. The monoisotopic (exact) mass is 946 g/mol. The van der Waals surface area contributed by atoms with E-state index in [-0.39, 0.29) is 62.9 Å². The first-order valence-corrected chi connectivity index (χ1v) is 22.3. The molecule has 9 atom stereocenters. The molecular weight excluding hydrogens is 875 g/mol. The van der Waals surface area contributed by atoms with Crippen LogP contribution in [0.25, 0.3) is 0 Å². The zero-order valence-electron chi connectivity index (χ0n) is 39.3. The molecule has 0 aliphatic heterocycles. The molecule has 0 aliphatic rings. The van der Waals surface area contributed by atoms with Crippen molar-refractivity contribution >= 4 is 53.3 Å². The van der Waals surface area contributed by atoms with E-state index in [1.807, 2.05) is 27.7 Å². The van der Waals surface area contributed by atoms with Crippen LogP contribution in [0.15, 0.2) is 30.0 Å². The van der Waals surface area contributed by atoms with Gasteiger partial charge in [-0.2, -0.15) is 0 Å². The van der Waals surface area contributed by atoms with Gasteiger partial charge in [-0.05, 0) is 50.4 Å². The lowest BCUT2D eigenvalue weighted by molar-refractivity contribution is -0.143. The Hall–Kier alpha value is -6.63. The molecule has 0 bridgehead atoms. The van der Waals surface area contributed by atoms with E-state index in [0.717, 1.165) is 0 Å². The first-order chi connectivity index (χ1) is 31.6. The quantitative estimate of drug-likeness (QED) is 0.0210. The number of nitrogens with zero attached hydrogens (tertiary/aromatic N) is 3. The number of carbonyl (C=O) groups is 8. The molecule has 2 aromatic rings. The number of aliphatic imine (C=N–C) groups is 1. The summed E-state index contributed by atoms with van der Waals surface area (Å²) in [6.45, 7) is 11.5. The number of carboxylic acids is 1. The highest BCUT2D eigenvalue weighted by Crippen LogP contribution is 2.14. The maximum atomic E-state index is 14.1. The van der Waals surface area contributed by atoms with Crippen molar-refractivity contribution in [3.8, 4) is 0 Å². The summed E-state index contributed by atoms with van der Waals surface area (Å²) in [6.07, 6.45) is 6.22. The van der Waals surface area contributed by atoms with Gasteiger partial charge in [0.25, 0.3) is 0 Å². The van der Waals surface area contributed by atoms with Crippen LogP contribution in [0.3, 0.4) is 0 Å². The third-order valence-electron chi connectivity index (χ3n) is 10.5. The highest BCUT2D eigenvalue weighted by atomic mass is 16.4. The topological polar surface area (TPSA) is 409 Å². The minimum atomic E-state index is -1.35. The Morgan fingerprint density at radius 1 is 0.642 bits per heavy atom. The van der Waals surface area contributed by atoms with Crippen molar-refractivity contribution in [1.82, 2.24) is 57.2 Å². The molecule has 2 aromatic heterocycles. The van der Waals surface area contributed by atoms with Crippen molar-refractivity contribution in [2.75, 3.05) is 13.2 Å². The van der Waals surface area contributed by atoms with E-state index in [4.69, 9.17) is 17.2 Å². The summed E-state index contributed by atoms with van der Waals surface area (Å²) in [5.74, 6) is -7.52. The van der Waals surface area contributed by atoms with Gasteiger partial charge in [-0.1, -0.05) is 48.0 Å². The van der Waals surface area contributed by atoms with Gasteiger partial charge < -0.3 is 74.6 Å². The second-order valence-corrected chi connectivity index (χ2v) is 17.3. The summed E-state index contributed by atoms with van der Waals surface area (Å²) < 4.78 is 0. The number of carbonyl (C=O) groups excluding carboxylic acids is 7. The number of amides is 7. The van der Waals surface area contributed by atoms with Gasteiger partial charge >= 0.3 is 5.97 Å². The summed E-state index contributed by atoms with van der Waals surface area (Å²) >= 11 is 0. The maximum absolute atomic E-state index is 14.1. The van der Waals surface area contributed by atoms with Gasteiger partial charge in [-0.25, -0.2) is 14.8 Å². The van der Waals surface area contributed by atoms with Crippen LogP contribution < -0.4 is 54.4 Å². The van der Waals surface area contributed by atoms with Crippen LogP contribution in [0.2, 0.25) is 0 Å². The third kappa shape index (κ3) is 20.2. The van der Waals surface area contributed by atoms with Gasteiger partial charge in [0.15, 0.2) is 5.96 Å². The Labute approximate surface area is 389 Å². The molecule has 7 amide bonds. The van der Waals surface area contributed by atoms with Gasteiger partial charge in [0.2, 0.25) is 41.4 Å².